The first kappa shape index (κ1) is 28.3. The standard InChI is InChI=1S/C30H33N3O4S2/c1-20(2)33(18-21-6-8-23(9-7-21)28(34)35)29-31-27(19-38-29)22-10-14-25(15-11-22)32-39(36,37)26-16-12-24(13-17-26)30(3,4)5/h6-17,19-20,32H,18H2,1-5H3,(H,34,35). The molecule has 0 fully saturated rings. The van der Waals surface area contributed by atoms with Gasteiger partial charge >= 0.3 is 5.97 Å². The van der Waals surface area contributed by atoms with Crippen LogP contribution in [0.3, 0.4) is 0 Å². The number of nitrogens with zero attached hydrogens (tertiary/aromatic N) is 2. The summed E-state index contributed by atoms with van der Waals surface area (Å²) in [6.45, 7) is 11.0. The van der Waals surface area contributed by atoms with Gasteiger partial charge in [0.2, 0.25) is 0 Å². The first-order valence-electron chi connectivity index (χ1n) is 12.6. The minimum Gasteiger partial charge on any atom is -0.478 e. The summed E-state index contributed by atoms with van der Waals surface area (Å²) in [6, 6.07) is 21.2. The van der Waals surface area contributed by atoms with Crippen LogP contribution in [0.4, 0.5) is 10.8 Å². The van der Waals surface area contributed by atoms with Crippen molar-refractivity contribution in [2.24, 2.45) is 0 Å². The van der Waals surface area contributed by atoms with Crippen molar-refractivity contribution in [3.8, 4) is 11.3 Å². The average Bonchev–Trinajstić information content (AvgIpc) is 3.37. The summed E-state index contributed by atoms with van der Waals surface area (Å²) < 4.78 is 28.5. The lowest BCUT2D eigenvalue weighted by molar-refractivity contribution is 0.0697. The highest BCUT2D eigenvalue weighted by molar-refractivity contribution is 7.92. The molecule has 0 bridgehead atoms. The Bertz CT molecular complexity index is 1540. The fourth-order valence-corrected chi connectivity index (χ4v) is 6.03. The molecule has 1 heterocycles. The Morgan fingerprint density at radius 1 is 0.974 bits per heavy atom. The van der Waals surface area contributed by atoms with E-state index in [1.807, 2.05) is 41.8 Å². The summed E-state index contributed by atoms with van der Waals surface area (Å²) in [6.07, 6.45) is 0. The van der Waals surface area contributed by atoms with E-state index in [2.05, 4.69) is 44.2 Å². The molecule has 0 amide bonds. The van der Waals surface area contributed by atoms with Crippen molar-refractivity contribution < 1.29 is 18.3 Å². The highest BCUT2D eigenvalue weighted by Crippen LogP contribution is 2.31. The van der Waals surface area contributed by atoms with Crippen molar-refractivity contribution >= 4 is 38.1 Å². The maximum atomic E-state index is 12.9. The van der Waals surface area contributed by atoms with E-state index >= 15 is 0 Å². The van der Waals surface area contributed by atoms with Gasteiger partial charge in [-0.05, 0) is 66.8 Å². The zero-order chi connectivity index (χ0) is 28.4. The zero-order valence-electron chi connectivity index (χ0n) is 22.7. The summed E-state index contributed by atoms with van der Waals surface area (Å²) in [4.78, 5) is 18.4. The van der Waals surface area contributed by atoms with E-state index in [0.717, 1.165) is 27.5 Å². The van der Waals surface area contributed by atoms with Crippen LogP contribution in [0.25, 0.3) is 11.3 Å². The number of nitrogens with one attached hydrogen (secondary N) is 1. The van der Waals surface area contributed by atoms with Gasteiger partial charge in [0.15, 0.2) is 5.13 Å². The summed E-state index contributed by atoms with van der Waals surface area (Å²) >= 11 is 1.53. The third kappa shape index (κ3) is 6.85. The van der Waals surface area contributed by atoms with Gasteiger partial charge in [-0.2, -0.15) is 0 Å². The van der Waals surface area contributed by atoms with Crippen molar-refractivity contribution in [2.75, 3.05) is 9.62 Å². The van der Waals surface area contributed by atoms with Crippen LogP contribution < -0.4 is 9.62 Å². The SMILES string of the molecule is CC(C)N(Cc1ccc(C(=O)O)cc1)c1nc(-c2ccc(NS(=O)(=O)c3ccc(C(C)(C)C)cc3)cc2)cs1. The van der Waals surface area contributed by atoms with Crippen LogP contribution in [0.2, 0.25) is 0 Å². The third-order valence-electron chi connectivity index (χ3n) is 6.38. The number of carbonyl (C=O) groups is 1. The molecular formula is C30H33N3O4S2. The molecule has 0 unspecified atom stereocenters. The fraction of sp³-hybridized carbons (Fsp3) is 0.267. The Kier molecular flexibility index (Phi) is 8.13. The molecule has 2 N–H and O–H groups in total. The van der Waals surface area contributed by atoms with Crippen LogP contribution in [0.1, 0.15) is 56.1 Å². The molecule has 0 aliphatic rings. The number of sulfonamides is 1. The Morgan fingerprint density at radius 2 is 1.59 bits per heavy atom. The number of hydrogen-bond acceptors (Lipinski definition) is 6. The Labute approximate surface area is 234 Å². The number of hydrogen-bond donors (Lipinski definition) is 2. The first-order valence-corrected chi connectivity index (χ1v) is 15.0. The molecule has 9 heteroatoms. The summed E-state index contributed by atoms with van der Waals surface area (Å²) in [5.41, 5.74) is 4.42. The normalized spacial score (nSPS) is 11.9. The molecule has 0 aliphatic heterocycles. The van der Waals surface area contributed by atoms with E-state index in [1.54, 1.807) is 36.4 Å². The number of rotatable bonds is 9. The van der Waals surface area contributed by atoms with Gasteiger partial charge < -0.3 is 10.0 Å². The van der Waals surface area contributed by atoms with Crippen molar-refractivity contribution in [2.45, 2.75) is 57.5 Å². The molecule has 4 rings (SSSR count). The smallest absolute Gasteiger partial charge is 0.335 e. The van der Waals surface area contributed by atoms with E-state index in [9.17, 15) is 13.2 Å². The van der Waals surface area contributed by atoms with Crippen LogP contribution in [0, 0.1) is 0 Å². The van der Waals surface area contributed by atoms with Crippen LogP contribution in [-0.2, 0) is 22.0 Å². The molecule has 4 aromatic rings. The highest BCUT2D eigenvalue weighted by Gasteiger charge is 2.19. The van der Waals surface area contributed by atoms with Gasteiger partial charge in [-0.1, -0.05) is 57.2 Å². The quantitative estimate of drug-likeness (QED) is 0.227. The van der Waals surface area contributed by atoms with Crippen LogP contribution >= 0.6 is 11.3 Å². The molecule has 39 heavy (non-hydrogen) atoms. The summed E-state index contributed by atoms with van der Waals surface area (Å²) in [5.74, 6) is -0.944. The van der Waals surface area contributed by atoms with E-state index < -0.39 is 16.0 Å². The maximum absolute atomic E-state index is 12.9. The molecule has 0 saturated heterocycles. The Hall–Kier alpha value is -3.69. The van der Waals surface area contributed by atoms with Gasteiger partial charge in [0.05, 0.1) is 16.2 Å². The van der Waals surface area contributed by atoms with Crippen molar-refractivity contribution in [3.05, 3.63) is 94.9 Å². The highest BCUT2D eigenvalue weighted by atomic mass is 32.2. The maximum Gasteiger partial charge on any atom is 0.335 e. The number of anilines is 2. The lowest BCUT2D eigenvalue weighted by atomic mass is 9.87. The number of aromatic nitrogens is 1. The molecule has 0 atom stereocenters. The van der Waals surface area contributed by atoms with Crippen LogP contribution in [0.15, 0.2) is 83.1 Å². The van der Waals surface area contributed by atoms with Crippen molar-refractivity contribution in [1.29, 1.82) is 0 Å². The number of carboxylic acids is 1. The lowest BCUT2D eigenvalue weighted by Crippen LogP contribution is -2.30. The largest absolute Gasteiger partial charge is 0.478 e. The van der Waals surface area contributed by atoms with Crippen LogP contribution in [-0.4, -0.2) is 30.5 Å². The molecule has 7 nitrogen and oxygen atoms in total. The lowest BCUT2D eigenvalue weighted by Gasteiger charge is -2.26. The molecular weight excluding hydrogens is 530 g/mol. The minimum atomic E-state index is -3.71. The molecule has 0 spiro atoms. The second-order valence-corrected chi connectivity index (χ2v) is 13.2. The number of aromatic carboxylic acids is 1. The minimum absolute atomic E-state index is 0.0547. The fourth-order valence-electron chi connectivity index (χ4n) is 4.01. The molecule has 0 saturated carbocycles. The van der Waals surface area contributed by atoms with Gasteiger partial charge in [-0.3, -0.25) is 4.72 Å². The predicted molar refractivity (Wildman–Crippen MR) is 158 cm³/mol. The number of carboxylic acid groups (broad SMARTS) is 1. The van der Waals surface area contributed by atoms with Crippen LogP contribution in [0.5, 0.6) is 0 Å². The second kappa shape index (κ2) is 11.2. The molecule has 1 aromatic heterocycles. The first-order chi connectivity index (χ1) is 18.3. The predicted octanol–water partition coefficient (Wildman–Crippen LogP) is 7.02. The molecule has 0 aliphatic carbocycles. The van der Waals surface area contributed by atoms with Crippen molar-refractivity contribution in [3.63, 3.8) is 0 Å². The number of benzene rings is 3. The van der Waals surface area contributed by atoms with E-state index in [4.69, 9.17) is 10.1 Å². The summed E-state index contributed by atoms with van der Waals surface area (Å²) in [7, 11) is -3.71. The zero-order valence-corrected chi connectivity index (χ0v) is 24.3. The van der Waals surface area contributed by atoms with Crippen molar-refractivity contribution in [1.82, 2.24) is 4.98 Å². The second-order valence-electron chi connectivity index (χ2n) is 10.7. The molecule has 3 aromatic carbocycles. The van der Waals surface area contributed by atoms with E-state index in [1.165, 1.54) is 11.3 Å². The Morgan fingerprint density at radius 3 is 2.13 bits per heavy atom. The van der Waals surface area contributed by atoms with Gasteiger partial charge in [-0.15, -0.1) is 11.3 Å². The van der Waals surface area contributed by atoms with Gasteiger partial charge in [0.1, 0.15) is 0 Å². The van der Waals surface area contributed by atoms with E-state index in [0.29, 0.717) is 12.2 Å². The van der Waals surface area contributed by atoms with Gasteiger partial charge in [0.25, 0.3) is 10.0 Å². The third-order valence-corrected chi connectivity index (χ3v) is 8.65. The van der Waals surface area contributed by atoms with Gasteiger partial charge in [0, 0.05) is 29.2 Å². The molecule has 204 valence electrons. The number of thiazole rings is 1. The monoisotopic (exact) mass is 563 g/mol. The van der Waals surface area contributed by atoms with E-state index in [-0.39, 0.29) is 21.9 Å². The van der Waals surface area contributed by atoms with Gasteiger partial charge in [-0.25, -0.2) is 18.2 Å². The molecule has 0 radical (unpaired) electrons. The average molecular weight is 564 g/mol. The topological polar surface area (TPSA) is 99.6 Å². The summed E-state index contributed by atoms with van der Waals surface area (Å²) in [5, 5.41) is 12.0. The Balaban J connectivity index is 1.47.